The van der Waals surface area contributed by atoms with E-state index in [-0.39, 0.29) is 17.2 Å². The van der Waals surface area contributed by atoms with Crippen molar-refractivity contribution in [3.63, 3.8) is 0 Å². The van der Waals surface area contributed by atoms with Gasteiger partial charge in [0.05, 0.1) is 5.69 Å². The molecule has 1 atom stereocenters. The lowest BCUT2D eigenvalue weighted by Gasteiger charge is -2.21. The molecule has 160 valence electrons. The topological polar surface area (TPSA) is 54.9 Å². The third kappa shape index (κ3) is 5.07. The van der Waals surface area contributed by atoms with Crippen molar-refractivity contribution in [1.29, 1.82) is 0 Å². The number of aromatic nitrogens is 2. The molecule has 4 rings (SSSR count). The summed E-state index contributed by atoms with van der Waals surface area (Å²) < 4.78 is 53.9. The maximum absolute atomic E-state index is 13.6. The minimum absolute atomic E-state index is 0.105. The van der Waals surface area contributed by atoms with Gasteiger partial charge in [0.25, 0.3) is 5.91 Å². The third-order valence-corrected chi connectivity index (χ3v) is 5.13. The Morgan fingerprint density at radius 2 is 1.81 bits per heavy atom. The molecular weight excluding hydrogens is 410 g/mol. The van der Waals surface area contributed by atoms with Crippen molar-refractivity contribution in [1.82, 2.24) is 15.3 Å². The van der Waals surface area contributed by atoms with Gasteiger partial charge in [0.2, 0.25) is 0 Å². The molecule has 0 saturated heterocycles. The second-order valence-electron chi connectivity index (χ2n) is 7.51. The van der Waals surface area contributed by atoms with Crippen molar-refractivity contribution in [2.24, 2.45) is 0 Å². The van der Waals surface area contributed by atoms with Crippen LogP contribution in [0.15, 0.2) is 60.8 Å². The van der Waals surface area contributed by atoms with Crippen LogP contribution in [0, 0.1) is 5.82 Å². The molecule has 0 bridgehead atoms. The maximum atomic E-state index is 13.6. The smallest absolute Gasteiger partial charge is 0.334 e. The summed E-state index contributed by atoms with van der Waals surface area (Å²) in [5.41, 5.74) is 1.98. The average Bonchev–Trinajstić information content (AvgIpc) is 3.58. The maximum Gasteiger partial charge on any atom is 0.414 e. The van der Waals surface area contributed by atoms with E-state index in [4.69, 9.17) is 0 Å². The van der Waals surface area contributed by atoms with Crippen molar-refractivity contribution in [2.45, 2.75) is 37.4 Å². The van der Waals surface area contributed by atoms with Crippen LogP contribution >= 0.6 is 0 Å². The van der Waals surface area contributed by atoms with Crippen molar-refractivity contribution in [3.05, 3.63) is 94.8 Å². The molecule has 1 fully saturated rings. The van der Waals surface area contributed by atoms with E-state index in [2.05, 4.69) is 9.97 Å². The molecule has 0 radical (unpaired) electrons. The molecule has 1 amide bonds. The molecule has 8 heteroatoms. The number of benzene rings is 1. The van der Waals surface area contributed by atoms with Gasteiger partial charge in [-0.15, -0.1) is 0 Å². The van der Waals surface area contributed by atoms with Crippen LogP contribution < -0.4 is 5.32 Å². The third-order valence-electron chi connectivity index (χ3n) is 5.13. The number of nitrogens with zero attached hydrogens (tertiary/aromatic N) is 2. The monoisotopic (exact) mass is 429 g/mol. The number of halogens is 4. The predicted octanol–water partition coefficient (Wildman–Crippen LogP) is 5.12. The Morgan fingerprint density at radius 3 is 2.42 bits per heavy atom. The van der Waals surface area contributed by atoms with Crippen molar-refractivity contribution >= 4 is 5.91 Å². The van der Waals surface area contributed by atoms with Crippen LogP contribution in [0.5, 0.6) is 0 Å². The Balaban J connectivity index is 1.61. The number of carbonyl (C=O) groups excluding carboxylic acids is 1. The quantitative estimate of drug-likeness (QED) is 0.554. The summed E-state index contributed by atoms with van der Waals surface area (Å²) >= 11 is 0. The van der Waals surface area contributed by atoms with E-state index in [1.54, 1.807) is 18.2 Å². The fraction of sp³-hybridized carbons (Fsp3) is 0.261. The van der Waals surface area contributed by atoms with Gasteiger partial charge in [0.1, 0.15) is 11.5 Å². The molecule has 4 nitrogen and oxygen atoms in total. The summed E-state index contributed by atoms with van der Waals surface area (Å²) in [4.78, 5) is 20.8. The van der Waals surface area contributed by atoms with Gasteiger partial charge in [-0.1, -0.05) is 24.3 Å². The number of pyridine rings is 2. The molecule has 1 aliphatic rings. The van der Waals surface area contributed by atoms with Crippen LogP contribution in [0.4, 0.5) is 17.6 Å². The summed E-state index contributed by atoms with van der Waals surface area (Å²) in [6.07, 6.45) is -1.12. The van der Waals surface area contributed by atoms with Gasteiger partial charge in [0.15, 0.2) is 6.04 Å². The zero-order valence-corrected chi connectivity index (χ0v) is 16.4. The number of rotatable bonds is 6. The Kier molecular flexibility index (Phi) is 5.71. The van der Waals surface area contributed by atoms with Crippen LogP contribution in [0.3, 0.4) is 0 Å². The number of nitrogens with one attached hydrogen (secondary N) is 1. The van der Waals surface area contributed by atoms with Crippen LogP contribution in [0.2, 0.25) is 0 Å². The summed E-state index contributed by atoms with van der Waals surface area (Å²) in [6.45, 7) is 0. The second kappa shape index (κ2) is 8.45. The van der Waals surface area contributed by atoms with Crippen LogP contribution in [-0.4, -0.2) is 22.1 Å². The normalized spacial score (nSPS) is 14.8. The van der Waals surface area contributed by atoms with E-state index in [0.29, 0.717) is 18.0 Å². The van der Waals surface area contributed by atoms with Gasteiger partial charge in [-0.2, -0.15) is 13.2 Å². The second-order valence-corrected chi connectivity index (χ2v) is 7.51. The van der Waals surface area contributed by atoms with Crippen LogP contribution in [-0.2, 0) is 6.42 Å². The van der Waals surface area contributed by atoms with Crippen LogP contribution in [0.25, 0.3) is 0 Å². The van der Waals surface area contributed by atoms with E-state index < -0.39 is 18.1 Å². The van der Waals surface area contributed by atoms with Gasteiger partial charge < -0.3 is 5.32 Å². The van der Waals surface area contributed by atoms with E-state index >= 15 is 0 Å². The molecule has 2 aromatic heterocycles. The molecule has 3 aromatic rings. The fourth-order valence-electron chi connectivity index (χ4n) is 3.42. The lowest BCUT2D eigenvalue weighted by atomic mass is 10.0. The fourth-order valence-corrected chi connectivity index (χ4v) is 3.42. The van der Waals surface area contributed by atoms with Gasteiger partial charge >= 0.3 is 6.18 Å². The lowest BCUT2D eigenvalue weighted by molar-refractivity contribution is -0.156. The first-order chi connectivity index (χ1) is 14.8. The Morgan fingerprint density at radius 1 is 1.06 bits per heavy atom. The molecule has 1 aliphatic carbocycles. The average molecular weight is 429 g/mol. The van der Waals surface area contributed by atoms with Crippen molar-refractivity contribution in [2.75, 3.05) is 0 Å². The van der Waals surface area contributed by atoms with E-state index in [1.165, 1.54) is 42.6 Å². The minimum Gasteiger partial charge on any atom is -0.334 e. The zero-order chi connectivity index (χ0) is 22.0. The number of hydrogen-bond donors (Lipinski definition) is 1. The molecule has 2 heterocycles. The highest BCUT2D eigenvalue weighted by molar-refractivity contribution is 5.92. The Labute approximate surface area is 176 Å². The zero-order valence-electron chi connectivity index (χ0n) is 16.4. The number of amides is 1. The first-order valence-electron chi connectivity index (χ1n) is 9.84. The van der Waals surface area contributed by atoms with E-state index in [1.807, 2.05) is 5.32 Å². The molecule has 1 unspecified atom stereocenters. The highest BCUT2D eigenvalue weighted by Crippen LogP contribution is 2.41. The Hall–Kier alpha value is -3.29. The molecule has 0 spiro atoms. The van der Waals surface area contributed by atoms with E-state index in [0.717, 1.165) is 24.0 Å². The van der Waals surface area contributed by atoms with Gasteiger partial charge in [0, 0.05) is 18.3 Å². The highest BCUT2D eigenvalue weighted by atomic mass is 19.4. The summed E-state index contributed by atoms with van der Waals surface area (Å²) in [7, 11) is 0. The molecule has 31 heavy (non-hydrogen) atoms. The van der Waals surface area contributed by atoms with E-state index in [9.17, 15) is 22.4 Å². The van der Waals surface area contributed by atoms with Crippen molar-refractivity contribution < 1.29 is 22.4 Å². The summed E-state index contributed by atoms with van der Waals surface area (Å²) in [5.74, 6) is -0.966. The van der Waals surface area contributed by atoms with Gasteiger partial charge in [-0.3, -0.25) is 9.78 Å². The first kappa shape index (κ1) is 21.0. The predicted molar refractivity (Wildman–Crippen MR) is 106 cm³/mol. The van der Waals surface area contributed by atoms with Crippen molar-refractivity contribution in [3.8, 4) is 0 Å². The number of carbonyl (C=O) groups is 1. The number of hydrogen-bond acceptors (Lipinski definition) is 3. The lowest BCUT2D eigenvalue weighted by Crippen LogP contribution is -2.39. The molecule has 1 aromatic carbocycles. The summed E-state index contributed by atoms with van der Waals surface area (Å²) in [6, 6.07) is 11.0. The Bertz CT molecular complexity index is 1060. The number of alkyl halides is 3. The molecule has 1 saturated carbocycles. The first-order valence-corrected chi connectivity index (χ1v) is 9.84. The highest BCUT2D eigenvalue weighted by Gasteiger charge is 2.43. The SMILES string of the molecule is O=C(NC(c1ccccn1)C(F)(F)F)c1ccc(C2CC2)c(Cc2ccc(F)cc2)n1. The largest absolute Gasteiger partial charge is 0.414 e. The summed E-state index contributed by atoms with van der Waals surface area (Å²) in [5, 5.41) is 2.01. The standard InChI is InChI=1S/C23H19F4N3O/c24-16-8-4-14(5-9-16)13-20-17(15-6-7-15)10-11-19(29-20)22(31)30-21(23(25,26)27)18-3-1-2-12-28-18/h1-5,8-12,15,21H,6-7,13H2,(H,30,31). The van der Waals surface area contributed by atoms with Gasteiger partial charge in [-0.05, 0) is 60.2 Å². The van der Waals surface area contributed by atoms with Gasteiger partial charge in [-0.25, -0.2) is 9.37 Å². The molecule has 0 aliphatic heterocycles. The molecule has 1 N–H and O–H groups in total. The molecular formula is C23H19F4N3O. The minimum atomic E-state index is -4.71. The van der Waals surface area contributed by atoms with Crippen LogP contribution in [0.1, 0.15) is 57.8 Å².